The third-order valence-electron chi connectivity index (χ3n) is 2.93. The first kappa shape index (κ1) is 11.5. The number of amides is 1. The van der Waals surface area contributed by atoms with E-state index < -0.39 is 0 Å². The van der Waals surface area contributed by atoms with Gasteiger partial charge in [0.15, 0.2) is 0 Å². The van der Waals surface area contributed by atoms with E-state index >= 15 is 0 Å². The van der Waals surface area contributed by atoms with Crippen LogP contribution in [0, 0.1) is 11.3 Å². The van der Waals surface area contributed by atoms with E-state index in [2.05, 4.69) is 26.1 Å². The Bertz CT molecular complexity index is 209. The normalized spacial score (nSPS) is 20.6. The molecule has 0 aromatic heterocycles. The zero-order valence-electron chi connectivity index (χ0n) is 9.47. The standard InChI is InChI=1S/C11H22N2O/c1-8(2)6-9(3)13-10(14)11(7-12)4-5-11/h8-9H,4-7,12H2,1-3H3,(H,13,14). The fourth-order valence-electron chi connectivity index (χ4n) is 1.82. The molecule has 1 saturated carbocycles. The number of hydrogen-bond donors (Lipinski definition) is 2. The van der Waals surface area contributed by atoms with E-state index in [1.54, 1.807) is 0 Å². The fraction of sp³-hybridized carbons (Fsp3) is 0.909. The molecule has 14 heavy (non-hydrogen) atoms. The molecule has 3 heteroatoms. The lowest BCUT2D eigenvalue weighted by atomic mass is 10.0. The lowest BCUT2D eigenvalue weighted by Gasteiger charge is -2.19. The predicted octanol–water partition coefficient (Wildman–Crippen LogP) is 1.28. The lowest BCUT2D eigenvalue weighted by Crippen LogP contribution is -2.41. The summed E-state index contributed by atoms with van der Waals surface area (Å²) in [6.45, 7) is 6.88. The fourth-order valence-corrected chi connectivity index (χ4v) is 1.82. The van der Waals surface area contributed by atoms with Gasteiger partial charge in [-0.3, -0.25) is 4.79 Å². The molecule has 0 spiro atoms. The number of nitrogens with one attached hydrogen (secondary N) is 1. The van der Waals surface area contributed by atoms with Crippen molar-refractivity contribution in [3.8, 4) is 0 Å². The summed E-state index contributed by atoms with van der Waals surface area (Å²) >= 11 is 0. The van der Waals surface area contributed by atoms with Gasteiger partial charge in [0.2, 0.25) is 5.91 Å². The molecule has 1 unspecified atom stereocenters. The quantitative estimate of drug-likeness (QED) is 0.699. The first-order chi connectivity index (χ1) is 6.50. The van der Waals surface area contributed by atoms with Gasteiger partial charge in [-0.05, 0) is 32.1 Å². The molecule has 3 N–H and O–H groups in total. The maximum Gasteiger partial charge on any atom is 0.227 e. The maximum absolute atomic E-state index is 11.8. The highest BCUT2D eigenvalue weighted by Crippen LogP contribution is 2.44. The molecule has 3 nitrogen and oxygen atoms in total. The monoisotopic (exact) mass is 198 g/mol. The molecule has 0 aliphatic heterocycles. The second kappa shape index (κ2) is 4.30. The van der Waals surface area contributed by atoms with Gasteiger partial charge in [-0.1, -0.05) is 13.8 Å². The van der Waals surface area contributed by atoms with E-state index in [-0.39, 0.29) is 17.4 Å². The van der Waals surface area contributed by atoms with Gasteiger partial charge in [0, 0.05) is 12.6 Å². The summed E-state index contributed by atoms with van der Waals surface area (Å²) in [5, 5.41) is 3.05. The zero-order chi connectivity index (χ0) is 10.8. The Morgan fingerprint density at radius 2 is 2.00 bits per heavy atom. The molecule has 0 aromatic carbocycles. The molecule has 1 atom stereocenters. The number of hydrogen-bond acceptors (Lipinski definition) is 2. The predicted molar refractivity (Wildman–Crippen MR) is 57.8 cm³/mol. The van der Waals surface area contributed by atoms with Crippen LogP contribution in [0.5, 0.6) is 0 Å². The minimum absolute atomic E-state index is 0.160. The molecule has 1 aliphatic carbocycles. The molecule has 1 rings (SSSR count). The van der Waals surface area contributed by atoms with Crippen LogP contribution < -0.4 is 11.1 Å². The van der Waals surface area contributed by atoms with Crippen LogP contribution in [0.2, 0.25) is 0 Å². The van der Waals surface area contributed by atoms with Crippen LogP contribution in [0.25, 0.3) is 0 Å². The second-order valence-corrected chi connectivity index (χ2v) is 4.99. The van der Waals surface area contributed by atoms with Crippen molar-refractivity contribution in [2.75, 3.05) is 6.54 Å². The van der Waals surface area contributed by atoms with Crippen LogP contribution in [-0.2, 0) is 4.79 Å². The third kappa shape index (κ3) is 2.71. The second-order valence-electron chi connectivity index (χ2n) is 4.99. The molecular formula is C11H22N2O. The molecule has 0 aromatic rings. The van der Waals surface area contributed by atoms with Crippen LogP contribution in [0.3, 0.4) is 0 Å². The van der Waals surface area contributed by atoms with E-state index in [0.717, 1.165) is 19.3 Å². The van der Waals surface area contributed by atoms with Crippen molar-refractivity contribution >= 4 is 5.91 Å². The minimum Gasteiger partial charge on any atom is -0.353 e. The first-order valence-electron chi connectivity index (χ1n) is 5.51. The Morgan fingerprint density at radius 3 is 2.36 bits per heavy atom. The average molecular weight is 198 g/mol. The highest BCUT2D eigenvalue weighted by atomic mass is 16.2. The Morgan fingerprint density at radius 1 is 1.43 bits per heavy atom. The van der Waals surface area contributed by atoms with Crippen molar-refractivity contribution < 1.29 is 4.79 Å². The van der Waals surface area contributed by atoms with Crippen LogP contribution in [0.4, 0.5) is 0 Å². The Balaban J connectivity index is 2.33. The van der Waals surface area contributed by atoms with Crippen LogP contribution >= 0.6 is 0 Å². The largest absolute Gasteiger partial charge is 0.353 e. The highest BCUT2D eigenvalue weighted by molar-refractivity contribution is 5.85. The van der Waals surface area contributed by atoms with Gasteiger partial charge in [-0.15, -0.1) is 0 Å². The van der Waals surface area contributed by atoms with Crippen molar-refractivity contribution in [3.05, 3.63) is 0 Å². The summed E-state index contributed by atoms with van der Waals surface area (Å²) in [4.78, 5) is 11.8. The van der Waals surface area contributed by atoms with Gasteiger partial charge < -0.3 is 11.1 Å². The van der Waals surface area contributed by atoms with Gasteiger partial charge in [-0.2, -0.15) is 0 Å². The van der Waals surface area contributed by atoms with Crippen molar-refractivity contribution in [1.82, 2.24) is 5.32 Å². The van der Waals surface area contributed by atoms with Gasteiger partial charge in [0.05, 0.1) is 5.41 Å². The van der Waals surface area contributed by atoms with Crippen molar-refractivity contribution in [2.24, 2.45) is 17.1 Å². The lowest BCUT2D eigenvalue weighted by molar-refractivity contribution is -0.126. The van der Waals surface area contributed by atoms with Gasteiger partial charge >= 0.3 is 0 Å². The summed E-state index contributed by atoms with van der Waals surface area (Å²) in [7, 11) is 0. The zero-order valence-corrected chi connectivity index (χ0v) is 9.47. The molecular weight excluding hydrogens is 176 g/mol. The van der Waals surface area contributed by atoms with E-state index in [1.165, 1.54) is 0 Å². The van der Waals surface area contributed by atoms with E-state index in [9.17, 15) is 4.79 Å². The summed E-state index contributed by atoms with van der Waals surface area (Å²) in [6.07, 6.45) is 2.96. The SMILES string of the molecule is CC(C)CC(C)NC(=O)C1(CN)CC1. The van der Waals surface area contributed by atoms with Crippen LogP contribution in [-0.4, -0.2) is 18.5 Å². The number of carbonyl (C=O) groups excluding carboxylic acids is 1. The summed E-state index contributed by atoms with van der Waals surface area (Å²) in [6, 6.07) is 0.270. The molecule has 0 bridgehead atoms. The van der Waals surface area contributed by atoms with Gasteiger partial charge in [0.25, 0.3) is 0 Å². The number of rotatable bonds is 5. The Hall–Kier alpha value is -0.570. The molecule has 0 radical (unpaired) electrons. The average Bonchev–Trinajstić information content (AvgIpc) is 2.82. The van der Waals surface area contributed by atoms with E-state index in [0.29, 0.717) is 12.5 Å². The Labute approximate surface area is 86.4 Å². The molecule has 82 valence electrons. The Kier molecular flexibility index (Phi) is 3.53. The molecule has 1 aliphatic rings. The van der Waals surface area contributed by atoms with Crippen molar-refractivity contribution in [1.29, 1.82) is 0 Å². The van der Waals surface area contributed by atoms with Gasteiger partial charge in [0.1, 0.15) is 0 Å². The van der Waals surface area contributed by atoms with E-state index in [4.69, 9.17) is 5.73 Å². The molecule has 1 amide bonds. The van der Waals surface area contributed by atoms with Crippen LogP contribution in [0.15, 0.2) is 0 Å². The van der Waals surface area contributed by atoms with E-state index in [1.807, 2.05) is 0 Å². The highest BCUT2D eigenvalue weighted by Gasteiger charge is 2.48. The topological polar surface area (TPSA) is 55.1 Å². The summed E-state index contributed by atoms with van der Waals surface area (Å²) in [5.74, 6) is 0.784. The number of carbonyl (C=O) groups is 1. The van der Waals surface area contributed by atoms with Crippen molar-refractivity contribution in [2.45, 2.75) is 46.1 Å². The molecule has 0 saturated heterocycles. The molecule has 0 heterocycles. The maximum atomic E-state index is 11.8. The third-order valence-corrected chi connectivity index (χ3v) is 2.93. The summed E-state index contributed by atoms with van der Waals surface area (Å²) in [5.41, 5.74) is 5.38. The smallest absolute Gasteiger partial charge is 0.227 e. The van der Waals surface area contributed by atoms with Crippen LogP contribution in [0.1, 0.15) is 40.0 Å². The summed E-state index contributed by atoms with van der Waals surface area (Å²) < 4.78 is 0. The first-order valence-corrected chi connectivity index (χ1v) is 5.51. The van der Waals surface area contributed by atoms with Gasteiger partial charge in [-0.25, -0.2) is 0 Å². The number of nitrogens with two attached hydrogens (primary N) is 1. The molecule has 1 fully saturated rings. The van der Waals surface area contributed by atoms with Crippen molar-refractivity contribution in [3.63, 3.8) is 0 Å². The minimum atomic E-state index is -0.203.